The average molecular weight is 392 g/mol. The van der Waals surface area contributed by atoms with Gasteiger partial charge in [-0.2, -0.15) is 0 Å². The molecular weight excluding hydrogens is 372 g/mol. The molecule has 0 radical (unpaired) electrons. The lowest BCUT2D eigenvalue weighted by Crippen LogP contribution is -2.50. The molecule has 0 aliphatic carbocycles. The van der Waals surface area contributed by atoms with E-state index in [9.17, 15) is 4.79 Å². The molecule has 7 heteroatoms. The van der Waals surface area contributed by atoms with Gasteiger partial charge >= 0.3 is 6.09 Å². The standard InChI is InChI=1S/C15H20BrClN2O3/c1-9-13(10-7-11(16)18-12(17)8-10)21-6-5-19(9)14(20)22-15(2,3)4/h7-9,13H,5-6H2,1-4H3/t9-,13-/m0/s1. The van der Waals surface area contributed by atoms with E-state index >= 15 is 0 Å². The van der Waals surface area contributed by atoms with Gasteiger partial charge < -0.3 is 14.4 Å². The topological polar surface area (TPSA) is 51.7 Å². The monoisotopic (exact) mass is 390 g/mol. The minimum atomic E-state index is -0.520. The van der Waals surface area contributed by atoms with E-state index in [0.29, 0.717) is 22.9 Å². The van der Waals surface area contributed by atoms with Crippen molar-refractivity contribution in [3.63, 3.8) is 0 Å². The predicted molar refractivity (Wildman–Crippen MR) is 88.0 cm³/mol. The summed E-state index contributed by atoms with van der Waals surface area (Å²) in [5, 5.41) is 0.384. The van der Waals surface area contributed by atoms with E-state index in [0.717, 1.165) is 5.56 Å². The highest BCUT2D eigenvalue weighted by Gasteiger charge is 2.35. The zero-order valence-corrected chi connectivity index (χ0v) is 15.4. The van der Waals surface area contributed by atoms with E-state index in [1.807, 2.05) is 33.8 Å². The Hall–Kier alpha value is -0.850. The van der Waals surface area contributed by atoms with Gasteiger partial charge in [-0.25, -0.2) is 9.78 Å². The Bertz CT molecular complexity index is 542. The van der Waals surface area contributed by atoms with E-state index in [4.69, 9.17) is 21.1 Å². The molecule has 0 bridgehead atoms. The number of pyridine rings is 1. The summed E-state index contributed by atoms with van der Waals surface area (Å²) in [6.07, 6.45) is -0.592. The first-order chi connectivity index (χ1) is 10.2. The van der Waals surface area contributed by atoms with E-state index in [1.165, 1.54) is 0 Å². The minimum absolute atomic E-state index is 0.158. The number of rotatable bonds is 1. The fourth-order valence-corrected chi connectivity index (χ4v) is 3.16. The molecule has 1 aliphatic rings. The third-order valence-corrected chi connectivity index (χ3v) is 3.90. The van der Waals surface area contributed by atoms with Crippen LogP contribution in [0, 0.1) is 0 Å². The third-order valence-electron chi connectivity index (χ3n) is 3.30. The summed E-state index contributed by atoms with van der Waals surface area (Å²) in [5.74, 6) is 0. The summed E-state index contributed by atoms with van der Waals surface area (Å²) in [5.41, 5.74) is 0.362. The molecule has 122 valence electrons. The molecule has 2 rings (SSSR count). The van der Waals surface area contributed by atoms with Crippen molar-refractivity contribution in [1.29, 1.82) is 0 Å². The number of nitrogens with zero attached hydrogens (tertiary/aromatic N) is 2. The lowest BCUT2D eigenvalue weighted by atomic mass is 10.0. The van der Waals surface area contributed by atoms with Crippen LogP contribution in [0.3, 0.4) is 0 Å². The van der Waals surface area contributed by atoms with Crippen molar-refractivity contribution < 1.29 is 14.3 Å². The van der Waals surface area contributed by atoms with E-state index in [-0.39, 0.29) is 18.2 Å². The molecule has 0 N–H and O–H groups in total. The summed E-state index contributed by atoms with van der Waals surface area (Å²) in [6.45, 7) is 8.46. The van der Waals surface area contributed by atoms with Gasteiger partial charge in [-0.1, -0.05) is 11.6 Å². The number of hydrogen-bond donors (Lipinski definition) is 0. The number of hydrogen-bond acceptors (Lipinski definition) is 4. The van der Waals surface area contributed by atoms with Crippen LogP contribution in [-0.2, 0) is 9.47 Å². The van der Waals surface area contributed by atoms with E-state index in [1.54, 1.807) is 11.0 Å². The van der Waals surface area contributed by atoms with Crippen LogP contribution in [-0.4, -0.2) is 40.8 Å². The van der Waals surface area contributed by atoms with Crippen molar-refractivity contribution in [2.45, 2.75) is 45.4 Å². The Morgan fingerprint density at radius 1 is 1.50 bits per heavy atom. The molecule has 1 aromatic rings. The van der Waals surface area contributed by atoms with Gasteiger partial charge in [0.05, 0.1) is 12.6 Å². The summed E-state index contributed by atoms with van der Waals surface area (Å²) in [7, 11) is 0. The highest BCUT2D eigenvalue weighted by Crippen LogP contribution is 2.31. The van der Waals surface area contributed by atoms with Gasteiger partial charge in [0.1, 0.15) is 21.5 Å². The lowest BCUT2D eigenvalue weighted by Gasteiger charge is -2.40. The average Bonchev–Trinajstić information content (AvgIpc) is 2.35. The van der Waals surface area contributed by atoms with Gasteiger partial charge in [-0.3, -0.25) is 0 Å². The van der Waals surface area contributed by atoms with Gasteiger partial charge in [-0.05, 0) is 61.3 Å². The normalized spacial score (nSPS) is 22.5. The first-order valence-corrected chi connectivity index (χ1v) is 8.28. The van der Waals surface area contributed by atoms with Crippen molar-refractivity contribution in [3.8, 4) is 0 Å². The highest BCUT2D eigenvalue weighted by molar-refractivity contribution is 9.10. The van der Waals surface area contributed by atoms with Crippen molar-refractivity contribution in [2.24, 2.45) is 0 Å². The second-order valence-electron chi connectivity index (χ2n) is 6.25. The highest BCUT2D eigenvalue weighted by atomic mass is 79.9. The molecule has 1 amide bonds. The Balaban J connectivity index is 2.19. The van der Waals surface area contributed by atoms with Crippen LogP contribution in [0.1, 0.15) is 39.4 Å². The number of aromatic nitrogens is 1. The maximum absolute atomic E-state index is 12.3. The summed E-state index contributed by atoms with van der Waals surface area (Å²) in [6, 6.07) is 3.45. The van der Waals surface area contributed by atoms with Crippen molar-refractivity contribution in [1.82, 2.24) is 9.88 Å². The second kappa shape index (κ2) is 6.72. The fourth-order valence-electron chi connectivity index (χ4n) is 2.38. The van der Waals surface area contributed by atoms with Crippen molar-refractivity contribution >= 4 is 33.6 Å². The van der Waals surface area contributed by atoms with Crippen molar-refractivity contribution in [2.75, 3.05) is 13.2 Å². The first-order valence-electron chi connectivity index (χ1n) is 7.11. The summed E-state index contributed by atoms with van der Waals surface area (Å²) < 4.78 is 11.9. The van der Waals surface area contributed by atoms with Crippen LogP contribution < -0.4 is 0 Å². The molecule has 5 nitrogen and oxygen atoms in total. The second-order valence-corrected chi connectivity index (χ2v) is 7.45. The Labute approximate surface area is 144 Å². The molecule has 2 heterocycles. The molecule has 1 aliphatic heterocycles. The van der Waals surface area contributed by atoms with Crippen LogP contribution in [0.4, 0.5) is 4.79 Å². The maximum atomic E-state index is 12.3. The first kappa shape index (κ1) is 17.5. The number of carbonyl (C=O) groups excluding carboxylic acids is 1. The van der Waals surface area contributed by atoms with Crippen molar-refractivity contribution in [3.05, 3.63) is 27.5 Å². The third kappa shape index (κ3) is 4.33. The molecule has 1 fully saturated rings. The van der Waals surface area contributed by atoms with Gasteiger partial charge in [0.2, 0.25) is 0 Å². The Morgan fingerprint density at radius 3 is 2.77 bits per heavy atom. The van der Waals surface area contributed by atoms with Gasteiger partial charge in [-0.15, -0.1) is 0 Å². The zero-order chi connectivity index (χ0) is 16.5. The van der Waals surface area contributed by atoms with Crippen LogP contribution in [0.5, 0.6) is 0 Å². The van der Waals surface area contributed by atoms with Gasteiger partial charge in [0, 0.05) is 6.54 Å². The molecule has 1 saturated heterocycles. The Morgan fingerprint density at radius 2 is 2.18 bits per heavy atom. The fraction of sp³-hybridized carbons (Fsp3) is 0.600. The molecule has 2 atom stereocenters. The van der Waals surface area contributed by atoms with Crippen LogP contribution in [0.15, 0.2) is 16.7 Å². The predicted octanol–water partition coefficient (Wildman–Crippen LogP) is 4.19. The summed E-state index contributed by atoms with van der Waals surface area (Å²) >= 11 is 9.33. The number of amides is 1. The molecule has 0 saturated carbocycles. The molecule has 22 heavy (non-hydrogen) atoms. The van der Waals surface area contributed by atoms with Gasteiger partial charge in [0.15, 0.2) is 0 Å². The van der Waals surface area contributed by atoms with E-state index < -0.39 is 5.60 Å². The lowest BCUT2D eigenvalue weighted by molar-refractivity contribution is -0.0724. The number of halogens is 2. The SMILES string of the molecule is C[C@H]1[C@@H](c2cc(Cl)nc(Br)c2)OCCN1C(=O)OC(C)(C)C. The van der Waals surface area contributed by atoms with Crippen LogP contribution in [0.25, 0.3) is 0 Å². The van der Waals surface area contributed by atoms with Gasteiger partial charge in [0.25, 0.3) is 0 Å². The number of morpholine rings is 1. The van der Waals surface area contributed by atoms with Crippen LogP contribution >= 0.6 is 27.5 Å². The molecular formula is C15H20BrClN2O3. The Kier molecular flexibility index (Phi) is 5.35. The maximum Gasteiger partial charge on any atom is 0.410 e. The minimum Gasteiger partial charge on any atom is -0.444 e. The molecule has 0 unspecified atom stereocenters. The zero-order valence-electron chi connectivity index (χ0n) is 13.1. The quantitative estimate of drug-likeness (QED) is 0.673. The van der Waals surface area contributed by atoms with E-state index in [2.05, 4.69) is 20.9 Å². The molecule has 1 aromatic heterocycles. The number of ether oxygens (including phenoxy) is 2. The molecule has 0 aromatic carbocycles. The summed E-state index contributed by atoms with van der Waals surface area (Å²) in [4.78, 5) is 18.1. The number of carbonyl (C=O) groups is 1. The largest absolute Gasteiger partial charge is 0.444 e. The molecule has 0 spiro atoms. The smallest absolute Gasteiger partial charge is 0.410 e. The van der Waals surface area contributed by atoms with Crippen LogP contribution in [0.2, 0.25) is 5.15 Å².